The van der Waals surface area contributed by atoms with Crippen LogP contribution in [0.4, 0.5) is 0 Å². The first-order valence-corrected chi connectivity index (χ1v) is 12.9. The first kappa shape index (κ1) is 27.0. The van der Waals surface area contributed by atoms with Gasteiger partial charge in [-0.3, -0.25) is 9.96 Å². The summed E-state index contributed by atoms with van der Waals surface area (Å²) in [6.45, 7) is 3.63. The number of benzene rings is 2. The second kappa shape index (κ2) is 13.5. The van der Waals surface area contributed by atoms with E-state index >= 15 is 0 Å². The predicted molar refractivity (Wildman–Crippen MR) is 129 cm³/mol. The van der Waals surface area contributed by atoms with Gasteiger partial charge in [-0.05, 0) is 34.5 Å². The molecule has 1 aromatic heterocycles. The molecule has 1 heterocycles. The number of unbranched alkanes of at least 4 members (excludes halogenated alkanes) is 5. The Balaban J connectivity index is 0.000000273. The number of nitrogens with one attached hydrogen (secondary N) is 1. The SMILES string of the molecule is CCCCCCCCn1nnn(Cc2ccccc2)c1=N.O=S(=O)(O)c1c(Cl)cccc1Cl. The first-order chi connectivity index (χ1) is 15.7. The fourth-order valence-electron chi connectivity index (χ4n) is 3.10. The minimum absolute atomic E-state index is 0.0926. The molecule has 0 aliphatic heterocycles. The molecule has 0 radical (unpaired) electrons. The number of halogens is 2. The van der Waals surface area contributed by atoms with Crippen molar-refractivity contribution in [1.29, 1.82) is 5.41 Å². The summed E-state index contributed by atoms with van der Waals surface area (Å²) in [7, 11) is -4.33. The number of hydrogen-bond donors (Lipinski definition) is 2. The number of hydrogen-bond acceptors (Lipinski definition) is 5. The molecule has 0 atom stereocenters. The Morgan fingerprint density at radius 1 is 0.879 bits per heavy atom. The van der Waals surface area contributed by atoms with E-state index < -0.39 is 15.0 Å². The lowest BCUT2D eigenvalue weighted by molar-refractivity contribution is 0.483. The van der Waals surface area contributed by atoms with Crippen LogP contribution in [0.2, 0.25) is 10.0 Å². The Labute approximate surface area is 204 Å². The van der Waals surface area contributed by atoms with E-state index in [0.717, 1.165) is 18.5 Å². The van der Waals surface area contributed by atoms with Crippen LogP contribution in [0.15, 0.2) is 53.4 Å². The van der Waals surface area contributed by atoms with Crippen LogP contribution in [-0.2, 0) is 23.2 Å². The summed E-state index contributed by atoms with van der Waals surface area (Å²) in [5.41, 5.74) is 1.52. The van der Waals surface area contributed by atoms with Crippen molar-refractivity contribution in [3.63, 3.8) is 0 Å². The Morgan fingerprint density at radius 2 is 1.45 bits per heavy atom. The molecular formula is C22H29Cl2N5O3S. The van der Waals surface area contributed by atoms with E-state index in [9.17, 15) is 8.42 Å². The highest BCUT2D eigenvalue weighted by Crippen LogP contribution is 2.28. The van der Waals surface area contributed by atoms with Crippen molar-refractivity contribution in [1.82, 2.24) is 19.8 Å². The van der Waals surface area contributed by atoms with Crippen LogP contribution in [0.5, 0.6) is 0 Å². The van der Waals surface area contributed by atoms with Gasteiger partial charge in [0.25, 0.3) is 10.1 Å². The summed E-state index contributed by atoms with van der Waals surface area (Å²) in [6, 6.07) is 14.2. The second-order valence-electron chi connectivity index (χ2n) is 7.46. The molecule has 2 N–H and O–H groups in total. The minimum atomic E-state index is -4.33. The van der Waals surface area contributed by atoms with Crippen LogP contribution in [-0.4, -0.2) is 32.8 Å². The highest BCUT2D eigenvalue weighted by atomic mass is 35.5. The average Bonchev–Trinajstić information content (AvgIpc) is 3.10. The van der Waals surface area contributed by atoms with Gasteiger partial charge in [-0.15, -0.1) is 0 Å². The van der Waals surface area contributed by atoms with Gasteiger partial charge in [0, 0.05) is 6.54 Å². The van der Waals surface area contributed by atoms with Gasteiger partial charge in [-0.1, -0.05) is 98.6 Å². The molecule has 0 bridgehead atoms. The van der Waals surface area contributed by atoms with E-state index in [1.807, 2.05) is 30.3 Å². The molecule has 3 aromatic rings. The Morgan fingerprint density at radius 3 is 2.03 bits per heavy atom. The number of aromatic nitrogens is 4. The molecule has 0 aliphatic carbocycles. The lowest BCUT2D eigenvalue weighted by Gasteiger charge is -2.02. The molecular weight excluding hydrogens is 485 g/mol. The van der Waals surface area contributed by atoms with Gasteiger partial charge in [-0.25, -0.2) is 9.36 Å². The van der Waals surface area contributed by atoms with Gasteiger partial charge in [0.15, 0.2) is 0 Å². The topological polar surface area (TPSA) is 114 Å². The minimum Gasteiger partial charge on any atom is -0.282 e. The number of aryl methyl sites for hydroxylation is 1. The molecule has 33 heavy (non-hydrogen) atoms. The zero-order valence-electron chi connectivity index (χ0n) is 18.5. The standard InChI is InChI=1S/C16H25N5.C6H4Cl2O3S/c1-2-3-4-5-6-10-13-20-16(17)21(19-18-20)14-15-11-8-7-9-12-15;7-4-2-1-3-5(8)6(4)12(9,10)11/h7-9,11-12,17H,2-6,10,13-14H2,1H3;1-3H,(H,9,10,11). The normalized spacial score (nSPS) is 11.2. The molecule has 0 spiro atoms. The molecule has 0 unspecified atom stereocenters. The quantitative estimate of drug-likeness (QED) is 0.285. The maximum absolute atomic E-state index is 10.7. The molecule has 2 aromatic carbocycles. The molecule has 0 amide bonds. The van der Waals surface area contributed by atoms with Crippen molar-refractivity contribution >= 4 is 33.3 Å². The third kappa shape index (κ3) is 8.92. The Kier molecular flexibility index (Phi) is 11.1. The fraction of sp³-hybridized carbons (Fsp3) is 0.409. The first-order valence-electron chi connectivity index (χ1n) is 10.7. The zero-order chi connectivity index (χ0) is 24.3. The van der Waals surface area contributed by atoms with Crippen molar-refractivity contribution in [3.05, 3.63) is 69.8 Å². The average molecular weight is 514 g/mol. The van der Waals surface area contributed by atoms with Crippen molar-refractivity contribution in [3.8, 4) is 0 Å². The zero-order valence-corrected chi connectivity index (χ0v) is 20.8. The second-order valence-corrected chi connectivity index (χ2v) is 9.64. The van der Waals surface area contributed by atoms with Crippen LogP contribution in [0.25, 0.3) is 0 Å². The molecule has 180 valence electrons. The number of tetrazole rings is 1. The van der Waals surface area contributed by atoms with Crippen LogP contribution >= 0.6 is 23.2 Å². The van der Waals surface area contributed by atoms with E-state index in [-0.39, 0.29) is 10.0 Å². The van der Waals surface area contributed by atoms with Crippen molar-refractivity contribution in [2.45, 2.75) is 63.4 Å². The Bertz CT molecular complexity index is 1140. The van der Waals surface area contributed by atoms with E-state index in [2.05, 4.69) is 17.4 Å². The van der Waals surface area contributed by atoms with Gasteiger partial charge in [0.2, 0.25) is 5.62 Å². The summed E-state index contributed by atoms with van der Waals surface area (Å²) in [4.78, 5) is -0.451. The summed E-state index contributed by atoms with van der Waals surface area (Å²) < 4.78 is 33.3. The van der Waals surface area contributed by atoms with Crippen LogP contribution in [0.3, 0.4) is 0 Å². The lowest BCUT2D eigenvalue weighted by atomic mass is 10.1. The van der Waals surface area contributed by atoms with Gasteiger partial charge in [-0.2, -0.15) is 8.42 Å². The van der Waals surface area contributed by atoms with Crippen LogP contribution in [0.1, 0.15) is 51.0 Å². The maximum atomic E-state index is 10.7. The molecule has 0 saturated heterocycles. The van der Waals surface area contributed by atoms with E-state index in [1.165, 1.54) is 50.3 Å². The highest BCUT2D eigenvalue weighted by molar-refractivity contribution is 7.86. The third-order valence-corrected chi connectivity index (χ3v) is 6.63. The largest absolute Gasteiger partial charge is 0.297 e. The third-order valence-electron chi connectivity index (χ3n) is 4.82. The molecule has 8 nitrogen and oxygen atoms in total. The Hall–Kier alpha value is -2.20. The predicted octanol–water partition coefficient (Wildman–Crippen LogP) is 5.21. The highest BCUT2D eigenvalue weighted by Gasteiger charge is 2.17. The van der Waals surface area contributed by atoms with Crippen molar-refractivity contribution < 1.29 is 13.0 Å². The van der Waals surface area contributed by atoms with Gasteiger partial charge in [0.1, 0.15) is 4.90 Å². The number of rotatable bonds is 10. The summed E-state index contributed by atoms with van der Waals surface area (Å²) in [6.07, 6.45) is 7.47. The molecule has 11 heteroatoms. The summed E-state index contributed by atoms with van der Waals surface area (Å²) in [5.74, 6) is 0. The van der Waals surface area contributed by atoms with E-state index in [4.69, 9.17) is 33.2 Å². The van der Waals surface area contributed by atoms with E-state index in [1.54, 1.807) is 9.36 Å². The monoisotopic (exact) mass is 513 g/mol. The van der Waals surface area contributed by atoms with Crippen LogP contribution < -0.4 is 5.62 Å². The molecule has 0 fully saturated rings. The molecule has 0 aliphatic rings. The van der Waals surface area contributed by atoms with E-state index in [0.29, 0.717) is 12.2 Å². The van der Waals surface area contributed by atoms with Crippen molar-refractivity contribution in [2.24, 2.45) is 0 Å². The molecule has 0 saturated carbocycles. The van der Waals surface area contributed by atoms with Gasteiger partial charge < -0.3 is 0 Å². The lowest BCUT2D eigenvalue weighted by Crippen LogP contribution is -2.26. The maximum Gasteiger partial charge on any atom is 0.297 e. The van der Waals surface area contributed by atoms with Gasteiger partial charge >= 0.3 is 0 Å². The van der Waals surface area contributed by atoms with Crippen LogP contribution in [0, 0.1) is 5.41 Å². The molecule has 3 rings (SSSR count). The fourth-order valence-corrected chi connectivity index (χ4v) is 4.71. The van der Waals surface area contributed by atoms with Gasteiger partial charge in [0.05, 0.1) is 16.6 Å². The van der Waals surface area contributed by atoms with Crippen molar-refractivity contribution in [2.75, 3.05) is 0 Å². The summed E-state index contributed by atoms with van der Waals surface area (Å²) >= 11 is 11.0. The number of nitrogens with zero attached hydrogens (tertiary/aromatic N) is 4. The smallest absolute Gasteiger partial charge is 0.282 e. The summed E-state index contributed by atoms with van der Waals surface area (Å²) in [5, 5.41) is 16.1.